The molecule has 0 unspecified atom stereocenters. The summed E-state index contributed by atoms with van der Waals surface area (Å²) in [6.07, 6.45) is 1.11. The monoisotopic (exact) mass is 328 g/mol. The van der Waals surface area contributed by atoms with E-state index >= 15 is 0 Å². The predicted molar refractivity (Wildman–Crippen MR) is 77.1 cm³/mol. The summed E-state index contributed by atoms with van der Waals surface area (Å²) in [5.74, 6) is -0.0838. The molecule has 0 fully saturated rings. The number of carbonyl (C=O) groups excluding carboxylic acids is 1. The maximum absolute atomic E-state index is 12.4. The third-order valence-electron chi connectivity index (χ3n) is 3.19. The molecule has 0 atom stereocenters. The van der Waals surface area contributed by atoms with Gasteiger partial charge in [-0.3, -0.25) is 4.79 Å². The lowest BCUT2D eigenvalue weighted by Gasteiger charge is -2.28. The van der Waals surface area contributed by atoms with E-state index in [1.807, 2.05) is 25.3 Å². The molecule has 0 aliphatic rings. The van der Waals surface area contributed by atoms with E-state index in [1.54, 1.807) is 23.3 Å². The predicted octanol–water partition coefficient (Wildman–Crippen LogP) is 3.80. The second-order valence-electron chi connectivity index (χ2n) is 4.29. The fourth-order valence-corrected chi connectivity index (χ4v) is 3.37. The van der Waals surface area contributed by atoms with Gasteiger partial charge in [-0.2, -0.15) is 5.26 Å². The van der Waals surface area contributed by atoms with Crippen LogP contribution in [0.2, 0.25) is 0 Å². The van der Waals surface area contributed by atoms with E-state index in [4.69, 9.17) is 0 Å². The largest absolute Gasteiger partial charge is 0.339 e. The molecule has 0 saturated carbocycles. The van der Waals surface area contributed by atoms with Crippen molar-refractivity contribution < 1.29 is 4.79 Å². The second kappa shape index (κ2) is 6.35. The SMILES string of the molecule is CCC(C#N)(CC)C(=O)N(C)Cc1cc(Br)cs1. The van der Waals surface area contributed by atoms with Gasteiger partial charge in [0.2, 0.25) is 5.91 Å². The molecule has 0 aliphatic carbocycles. The first kappa shape index (κ1) is 15.2. The van der Waals surface area contributed by atoms with Crippen molar-refractivity contribution in [1.29, 1.82) is 5.26 Å². The molecule has 1 aromatic rings. The molecule has 0 N–H and O–H groups in total. The molecule has 1 rings (SSSR count). The Morgan fingerprint density at radius 2 is 2.17 bits per heavy atom. The van der Waals surface area contributed by atoms with E-state index in [2.05, 4.69) is 22.0 Å². The van der Waals surface area contributed by atoms with Gasteiger partial charge < -0.3 is 4.90 Å². The summed E-state index contributed by atoms with van der Waals surface area (Å²) < 4.78 is 1.03. The Bertz CT molecular complexity index is 460. The minimum Gasteiger partial charge on any atom is -0.339 e. The summed E-state index contributed by atoms with van der Waals surface area (Å²) >= 11 is 5.00. The maximum Gasteiger partial charge on any atom is 0.243 e. The van der Waals surface area contributed by atoms with Crippen LogP contribution >= 0.6 is 27.3 Å². The molecule has 1 amide bonds. The van der Waals surface area contributed by atoms with Crippen LogP contribution in [0.3, 0.4) is 0 Å². The van der Waals surface area contributed by atoms with Gasteiger partial charge in [0.05, 0.1) is 12.6 Å². The minimum absolute atomic E-state index is 0.0838. The number of thiophene rings is 1. The Kier molecular flexibility index (Phi) is 5.36. The Balaban J connectivity index is 2.81. The van der Waals surface area contributed by atoms with Crippen LogP contribution in [0.5, 0.6) is 0 Å². The summed E-state index contributed by atoms with van der Waals surface area (Å²) in [6, 6.07) is 4.19. The van der Waals surface area contributed by atoms with Gasteiger partial charge in [-0.15, -0.1) is 11.3 Å². The molecular weight excluding hydrogens is 312 g/mol. The van der Waals surface area contributed by atoms with Crippen LogP contribution < -0.4 is 0 Å². The van der Waals surface area contributed by atoms with E-state index in [1.165, 1.54) is 0 Å². The molecule has 1 aromatic heterocycles. The Hall–Kier alpha value is -0.860. The molecule has 1 heterocycles. The molecule has 5 heteroatoms. The summed E-state index contributed by atoms with van der Waals surface area (Å²) in [7, 11) is 1.76. The topological polar surface area (TPSA) is 44.1 Å². The molecular formula is C13H17BrN2OS. The van der Waals surface area contributed by atoms with Crippen molar-refractivity contribution in [2.45, 2.75) is 33.2 Å². The number of halogens is 1. The van der Waals surface area contributed by atoms with Crippen molar-refractivity contribution in [3.05, 3.63) is 20.8 Å². The number of amides is 1. The maximum atomic E-state index is 12.4. The van der Waals surface area contributed by atoms with E-state index in [9.17, 15) is 10.1 Å². The third kappa shape index (κ3) is 3.12. The number of carbonyl (C=O) groups is 1. The van der Waals surface area contributed by atoms with Crippen molar-refractivity contribution >= 4 is 33.2 Å². The van der Waals surface area contributed by atoms with Crippen LogP contribution in [0, 0.1) is 16.7 Å². The second-order valence-corrected chi connectivity index (χ2v) is 6.20. The average molecular weight is 329 g/mol. The van der Waals surface area contributed by atoms with Crippen molar-refractivity contribution in [3.63, 3.8) is 0 Å². The number of rotatable bonds is 5. The highest BCUT2D eigenvalue weighted by Crippen LogP contribution is 2.29. The highest BCUT2D eigenvalue weighted by atomic mass is 79.9. The number of nitriles is 1. The van der Waals surface area contributed by atoms with Gasteiger partial charge in [0, 0.05) is 21.8 Å². The number of hydrogen-bond acceptors (Lipinski definition) is 3. The first-order valence-corrected chi connectivity index (χ1v) is 7.56. The fraction of sp³-hybridized carbons (Fsp3) is 0.538. The van der Waals surface area contributed by atoms with E-state index in [-0.39, 0.29) is 5.91 Å². The van der Waals surface area contributed by atoms with Crippen molar-refractivity contribution in [2.75, 3.05) is 7.05 Å². The number of hydrogen-bond donors (Lipinski definition) is 0. The van der Waals surface area contributed by atoms with Crippen molar-refractivity contribution in [1.82, 2.24) is 4.90 Å². The van der Waals surface area contributed by atoms with Crippen molar-refractivity contribution in [2.24, 2.45) is 5.41 Å². The van der Waals surface area contributed by atoms with Gasteiger partial charge in [-0.05, 0) is 34.8 Å². The quantitative estimate of drug-likeness (QED) is 0.825. The first-order chi connectivity index (χ1) is 8.49. The lowest BCUT2D eigenvalue weighted by atomic mass is 9.82. The van der Waals surface area contributed by atoms with E-state index in [0.717, 1.165) is 9.35 Å². The zero-order valence-electron chi connectivity index (χ0n) is 10.9. The highest BCUT2D eigenvalue weighted by molar-refractivity contribution is 9.10. The molecule has 0 radical (unpaired) electrons. The summed E-state index contributed by atoms with van der Waals surface area (Å²) in [6.45, 7) is 4.33. The van der Waals surface area contributed by atoms with Crippen LogP contribution in [-0.2, 0) is 11.3 Å². The Morgan fingerprint density at radius 1 is 1.56 bits per heavy atom. The van der Waals surface area contributed by atoms with Gasteiger partial charge in [-0.25, -0.2) is 0 Å². The van der Waals surface area contributed by atoms with E-state index in [0.29, 0.717) is 19.4 Å². The lowest BCUT2D eigenvalue weighted by molar-refractivity contribution is -0.138. The molecule has 0 spiro atoms. The number of nitrogens with zero attached hydrogens (tertiary/aromatic N) is 2. The molecule has 0 bridgehead atoms. The van der Waals surface area contributed by atoms with Gasteiger partial charge in [0.25, 0.3) is 0 Å². The van der Waals surface area contributed by atoms with Crippen LogP contribution in [0.4, 0.5) is 0 Å². The molecule has 98 valence electrons. The van der Waals surface area contributed by atoms with Crippen LogP contribution in [0.1, 0.15) is 31.6 Å². The average Bonchev–Trinajstić information content (AvgIpc) is 2.77. The van der Waals surface area contributed by atoms with Crippen LogP contribution in [-0.4, -0.2) is 17.9 Å². The summed E-state index contributed by atoms with van der Waals surface area (Å²) in [5, 5.41) is 11.3. The highest BCUT2D eigenvalue weighted by Gasteiger charge is 2.37. The van der Waals surface area contributed by atoms with Crippen LogP contribution in [0.15, 0.2) is 15.9 Å². The van der Waals surface area contributed by atoms with Gasteiger partial charge in [-0.1, -0.05) is 13.8 Å². The smallest absolute Gasteiger partial charge is 0.243 e. The zero-order valence-corrected chi connectivity index (χ0v) is 13.3. The zero-order chi connectivity index (χ0) is 13.8. The first-order valence-electron chi connectivity index (χ1n) is 5.88. The molecule has 3 nitrogen and oxygen atoms in total. The van der Waals surface area contributed by atoms with Gasteiger partial charge >= 0.3 is 0 Å². The van der Waals surface area contributed by atoms with Gasteiger partial charge in [0.15, 0.2) is 0 Å². The normalized spacial score (nSPS) is 11.1. The lowest BCUT2D eigenvalue weighted by Crippen LogP contribution is -2.40. The van der Waals surface area contributed by atoms with Gasteiger partial charge in [0.1, 0.15) is 5.41 Å². The molecule has 0 aromatic carbocycles. The standard InChI is InChI=1S/C13H17BrN2OS/c1-4-13(5-2,9-15)12(17)16(3)7-11-6-10(14)8-18-11/h6,8H,4-5,7H2,1-3H3. The third-order valence-corrected chi connectivity index (χ3v) is 4.87. The Labute approximate surface area is 121 Å². The molecule has 18 heavy (non-hydrogen) atoms. The Morgan fingerprint density at radius 3 is 2.56 bits per heavy atom. The van der Waals surface area contributed by atoms with Crippen molar-refractivity contribution in [3.8, 4) is 6.07 Å². The van der Waals surface area contributed by atoms with Crippen LogP contribution in [0.25, 0.3) is 0 Å². The summed E-state index contributed by atoms with van der Waals surface area (Å²) in [5.41, 5.74) is -0.872. The minimum atomic E-state index is -0.872. The molecule has 0 aliphatic heterocycles. The fourth-order valence-electron chi connectivity index (χ4n) is 1.87. The van der Waals surface area contributed by atoms with E-state index < -0.39 is 5.41 Å². The summed E-state index contributed by atoms with van der Waals surface area (Å²) in [4.78, 5) is 15.1. The molecule has 0 saturated heterocycles.